The number of para-hydroxylation sites is 1. The lowest BCUT2D eigenvalue weighted by atomic mass is 10.2. The highest BCUT2D eigenvalue weighted by Gasteiger charge is 2.19. The number of nitrogens with zero attached hydrogens (tertiary/aromatic N) is 4. The summed E-state index contributed by atoms with van der Waals surface area (Å²) in [6.45, 7) is 2.36. The van der Waals surface area contributed by atoms with E-state index in [4.69, 9.17) is 4.74 Å². The van der Waals surface area contributed by atoms with Gasteiger partial charge in [-0.15, -0.1) is 0 Å². The standard InChI is InChI=1S/C21H23N5O4/c1-4-5-10-26-18-17(19(27)23-21(26)29)25(3)16(22-18)12-30-20(28)14-11-24(2)15-9-7-6-8-13(14)15/h6-9,11H,4-5,10,12H2,1-3H3,(H,23,27,29). The minimum absolute atomic E-state index is 0.116. The van der Waals surface area contributed by atoms with Gasteiger partial charge in [0.1, 0.15) is 12.4 Å². The molecule has 0 saturated carbocycles. The molecule has 0 amide bonds. The summed E-state index contributed by atoms with van der Waals surface area (Å²) >= 11 is 0. The van der Waals surface area contributed by atoms with Crippen molar-refractivity contribution in [1.29, 1.82) is 0 Å². The Balaban J connectivity index is 1.66. The predicted molar refractivity (Wildman–Crippen MR) is 113 cm³/mol. The van der Waals surface area contributed by atoms with E-state index >= 15 is 0 Å². The number of unbranched alkanes of at least 4 members (excludes halogenated alkanes) is 1. The average Bonchev–Trinajstić information content (AvgIpc) is 3.24. The Kier molecular flexibility index (Phi) is 5.03. The van der Waals surface area contributed by atoms with Crippen LogP contribution >= 0.6 is 0 Å². The van der Waals surface area contributed by atoms with Gasteiger partial charge in [-0.05, 0) is 12.5 Å². The van der Waals surface area contributed by atoms with E-state index in [1.54, 1.807) is 17.8 Å². The third kappa shape index (κ3) is 3.22. The van der Waals surface area contributed by atoms with Gasteiger partial charge in [0, 0.05) is 37.7 Å². The number of aromatic nitrogens is 5. The minimum Gasteiger partial charge on any atom is -0.454 e. The zero-order valence-corrected chi connectivity index (χ0v) is 17.1. The molecule has 0 saturated heterocycles. The molecule has 3 aromatic heterocycles. The Morgan fingerprint density at radius 1 is 1.20 bits per heavy atom. The van der Waals surface area contributed by atoms with Crippen molar-refractivity contribution in [2.45, 2.75) is 32.9 Å². The molecule has 0 fully saturated rings. The summed E-state index contributed by atoms with van der Waals surface area (Å²) in [4.78, 5) is 44.0. The van der Waals surface area contributed by atoms with Gasteiger partial charge < -0.3 is 13.9 Å². The molecule has 156 valence electrons. The first-order valence-corrected chi connectivity index (χ1v) is 9.82. The van der Waals surface area contributed by atoms with Crippen molar-refractivity contribution >= 4 is 28.0 Å². The zero-order chi connectivity index (χ0) is 21.4. The molecule has 0 aliphatic rings. The van der Waals surface area contributed by atoms with Gasteiger partial charge in [-0.2, -0.15) is 0 Å². The molecule has 0 radical (unpaired) electrons. The number of rotatable bonds is 6. The van der Waals surface area contributed by atoms with Gasteiger partial charge in [-0.1, -0.05) is 31.5 Å². The smallest absolute Gasteiger partial charge is 0.340 e. The van der Waals surface area contributed by atoms with E-state index in [0.29, 0.717) is 23.6 Å². The van der Waals surface area contributed by atoms with Gasteiger partial charge in [0.05, 0.1) is 5.56 Å². The molecule has 1 N–H and O–H groups in total. The first kappa shape index (κ1) is 19.7. The number of nitrogens with one attached hydrogen (secondary N) is 1. The normalized spacial score (nSPS) is 11.4. The summed E-state index contributed by atoms with van der Waals surface area (Å²) in [5.41, 5.74) is 0.976. The number of imidazole rings is 1. The highest BCUT2D eigenvalue weighted by Crippen LogP contribution is 2.21. The Labute approximate surface area is 171 Å². The Morgan fingerprint density at radius 2 is 1.97 bits per heavy atom. The number of hydrogen-bond acceptors (Lipinski definition) is 5. The van der Waals surface area contributed by atoms with Crippen LogP contribution in [0.5, 0.6) is 0 Å². The second-order valence-electron chi connectivity index (χ2n) is 7.27. The van der Waals surface area contributed by atoms with Crippen LogP contribution in [0, 0.1) is 0 Å². The van der Waals surface area contributed by atoms with Gasteiger partial charge in [-0.25, -0.2) is 14.6 Å². The van der Waals surface area contributed by atoms with Crippen LogP contribution in [-0.4, -0.2) is 29.6 Å². The third-order valence-electron chi connectivity index (χ3n) is 5.29. The first-order chi connectivity index (χ1) is 14.4. The predicted octanol–water partition coefficient (Wildman–Crippen LogP) is 2.07. The maximum absolute atomic E-state index is 12.7. The van der Waals surface area contributed by atoms with Crippen molar-refractivity contribution < 1.29 is 9.53 Å². The van der Waals surface area contributed by atoms with Crippen LogP contribution in [0.1, 0.15) is 35.9 Å². The van der Waals surface area contributed by atoms with E-state index in [1.807, 2.05) is 42.8 Å². The summed E-state index contributed by atoms with van der Waals surface area (Å²) in [6, 6.07) is 7.57. The van der Waals surface area contributed by atoms with Crippen molar-refractivity contribution in [3.63, 3.8) is 0 Å². The second kappa shape index (κ2) is 7.66. The highest BCUT2D eigenvalue weighted by molar-refractivity contribution is 6.04. The van der Waals surface area contributed by atoms with Crippen molar-refractivity contribution in [3.8, 4) is 0 Å². The lowest BCUT2D eigenvalue weighted by Crippen LogP contribution is -2.31. The van der Waals surface area contributed by atoms with Crippen molar-refractivity contribution in [3.05, 3.63) is 62.7 Å². The van der Waals surface area contributed by atoms with Crippen molar-refractivity contribution in [2.24, 2.45) is 14.1 Å². The van der Waals surface area contributed by atoms with Gasteiger partial charge in [0.25, 0.3) is 5.56 Å². The fraction of sp³-hybridized carbons (Fsp3) is 0.333. The number of fused-ring (bicyclic) bond motifs is 2. The molecule has 4 aromatic rings. The van der Waals surface area contributed by atoms with Crippen LogP contribution in [0.3, 0.4) is 0 Å². The number of aromatic amines is 1. The molecular formula is C21H23N5O4. The Bertz CT molecular complexity index is 1370. The molecule has 0 atom stereocenters. The van der Waals surface area contributed by atoms with Crippen LogP contribution < -0.4 is 11.2 Å². The fourth-order valence-corrected chi connectivity index (χ4v) is 3.66. The van der Waals surface area contributed by atoms with Crippen LogP contribution in [0.25, 0.3) is 22.1 Å². The van der Waals surface area contributed by atoms with E-state index < -0.39 is 17.2 Å². The lowest BCUT2D eigenvalue weighted by Gasteiger charge is -2.05. The molecule has 3 heterocycles. The maximum atomic E-state index is 12.7. The summed E-state index contributed by atoms with van der Waals surface area (Å²) in [6.07, 6.45) is 3.41. The Hall–Kier alpha value is -3.62. The quantitative estimate of drug-likeness (QED) is 0.491. The SMILES string of the molecule is CCCCn1c(=O)[nH]c(=O)c2c1nc(COC(=O)c1cn(C)c3ccccc13)n2C. The van der Waals surface area contributed by atoms with Gasteiger partial charge in [-0.3, -0.25) is 14.3 Å². The van der Waals surface area contributed by atoms with E-state index in [9.17, 15) is 14.4 Å². The van der Waals surface area contributed by atoms with Gasteiger partial charge >= 0.3 is 11.7 Å². The molecule has 4 rings (SSSR count). The van der Waals surface area contributed by atoms with E-state index in [0.717, 1.165) is 23.7 Å². The molecule has 0 unspecified atom stereocenters. The molecule has 1 aromatic carbocycles. The summed E-state index contributed by atoms with van der Waals surface area (Å²) in [7, 11) is 3.53. The van der Waals surface area contributed by atoms with Gasteiger partial charge in [0.2, 0.25) is 0 Å². The third-order valence-corrected chi connectivity index (χ3v) is 5.29. The number of esters is 1. The molecule has 0 spiro atoms. The second-order valence-corrected chi connectivity index (χ2v) is 7.27. The number of benzene rings is 1. The monoisotopic (exact) mass is 409 g/mol. The van der Waals surface area contributed by atoms with Crippen LogP contribution in [0.4, 0.5) is 0 Å². The summed E-state index contributed by atoms with van der Waals surface area (Å²) in [5.74, 6) is -0.0870. The van der Waals surface area contributed by atoms with Crippen molar-refractivity contribution in [2.75, 3.05) is 0 Å². The molecule has 9 nitrogen and oxygen atoms in total. The number of carbonyl (C=O) groups is 1. The number of hydrogen-bond donors (Lipinski definition) is 1. The maximum Gasteiger partial charge on any atom is 0.340 e. The molecule has 0 bridgehead atoms. The molecule has 0 aliphatic carbocycles. The van der Waals surface area contributed by atoms with Crippen molar-refractivity contribution in [1.82, 2.24) is 23.7 Å². The molecule has 0 aliphatic heterocycles. The lowest BCUT2D eigenvalue weighted by molar-refractivity contribution is 0.0462. The molecule has 9 heteroatoms. The largest absolute Gasteiger partial charge is 0.454 e. The van der Waals surface area contributed by atoms with Crippen LogP contribution in [0.15, 0.2) is 40.1 Å². The number of H-pyrrole nitrogens is 1. The Morgan fingerprint density at radius 3 is 2.73 bits per heavy atom. The summed E-state index contributed by atoms with van der Waals surface area (Å²) < 4.78 is 10.4. The van der Waals surface area contributed by atoms with Gasteiger partial charge in [0.15, 0.2) is 11.2 Å². The highest BCUT2D eigenvalue weighted by atomic mass is 16.5. The summed E-state index contributed by atoms with van der Waals surface area (Å²) in [5, 5.41) is 0.805. The number of ether oxygens (including phenoxy) is 1. The minimum atomic E-state index is -0.510. The average molecular weight is 409 g/mol. The number of aryl methyl sites for hydroxylation is 3. The van der Waals surface area contributed by atoms with E-state index in [1.165, 1.54) is 4.57 Å². The van der Waals surface area contributed by atoms with E-state index in [-0.39, 0.29) is 12.1 Å². The van der Waals surface area contributed by atoms with Crippen LogP contribution in [0.2, 0.25) is 0 Å². The molecular weight excluding hydrogens is 386 g/mol. The van der Waals surface area contributed by atoms with Crippen LogP contribution in [-0.2, 0) is 32.0 Å². The van der Waals surface area contributed by atoms with E-state index in [2.05, 4.69) is 9.97 Å². The zero-order valence-electron chi connectivity index (χ0n) is 17.1. The molecule has 30 heavy (non-hydrogen) atoms. The topological polar surface area (TPSA) is 104 Å². The fourth-order valence-electron chi connectivity index (χ4n) is 3.66. The first-order valence-electron chi connectivity index (χ1n) is 9.82. The number of carbonyl (C=O) groups excluding carboxylic acids is 1.